The molecule has 1 atom stereocenters. The molecule has 1 aliphatic heterocycles. The van der Waals surface area contributed by atoms with Crippen molar-refractivity contribution in [3.05, 3.63) is 0 Å². The Labute approximate surface area is 86.0 Å². The molecule has 0 aliphatic carbocycles. The van der Waals surface area contributed by atoms with Crippen molar-refractivity contribution < 1.29 is 4.79 Å². The molecule has 0 spiro atoms. The van der Waals surface area contributed by atoms with Gasteiger partial charge in [-0.15, -0.1) is 0 Å². The molecule has 0 aromatic heterocycles. The van der Waals surface area contributed by atoms with Crippen LogP contribution in [0.25, 0.3) is 0 Å². The minimum atomic E-state index is 0.0910. The van der Waals surface area contributed by atoms with E-state index < -0.39 is 0 Å². The van der Waals surface area contributed by atoms with Crippen LogP contribution in [-0.4, -0.2) is 44.2 Å². The van der Waals surface area contributed by atoms with Crippen LogP contribution in [0.2, 0.25) is 0 Å². The van der Waals surface area contributed by atoms with Crippen LogP contribution in [-0.2, 0) is 0 Å². The number of hydrogen-bond donors (Lipinski definition) is 2. The van der Waals surface area contributed by atoms with Crippen molar-refractivity contribution in [2.75, 3.05) is 33.2 Å². The van der Waals surface area contributed by atoms with Gasteiger partial charge in [-0.3, -0.25) is 0 Å². The zero-order valence-electron chi connectivity index (χ0n) is 9.18. The lowest BCUT2D eigenvalue weighted by atomic mass is 9.98. The molecule has 0 aromatic rings. The van der Waals surface area contributed by atoms with Crippen LogP contribution in [0, 0.1) is 5.92 Å². The Morgan fingerprint density at radius 2 is 2.36 bits per heavy atom. The second-order valence-electron chi connectivity index (χ2n) is 3.85. The summed E-state index contributed by atoms with van der Waals surface area (Å²) < 4.78 is 0. The van der Waals surface area contributed by atoms with E-state index >= 15 is 0 Å². The lowest BCUT2D eigenvalue weighted by molar-refractivity contribution is 0.165. The molecule has 1 heterocycles. The Morgan fingerprint density at radius 1 is 1.57 bits per heavy atom. The Bertz CT molecular complexity index is 182. The van der Waals surface area contributed by atoms with Crippen molar-refractivity contribution in [3.63, 3.8) is 0 Å². The lowest BCUT2D eigenvalue weighted by Crippen LogP contribution is -2.47. The van der Waals surface area contributed by atoms with Gasteiger partial charge in [0.25, 0.3) is 0 Å². The summed E-state index contributed by atoms with van der Waals surface area (Å²) in [7, 11) is 1.96. The monoisotopic (exact) mass is 199 g/mol. The van der Waals surface area contributed by atoms with E-state index in [0.29, 0.717) is 12.5 Å². The Hall–Kier alpha value is -0.770. The smallest absolute Gasteiger partial charge is 0.317 e. The van der Waals surface area contributed by atoms with Crippen molar-refractivity contribution in [2.45, 2.75) is 19.8 Å². The predicted molar refractivity (Wildman–Crippen MR) is 57.3 cm³/mol. The molecule has 1 fully saturated rings. The van der Waals surface area contributed by atoms with E-state index in [2.05, 4.69) is 10.6 Å². The summed E-state index contributed by atoms with van der Waals surface area (Å²) in [4.78, 5) is 13.5. The maximum Gasteiger partial charge on any atom is 0.317 e. The summed E-state index contributed by atoms with van der Waals surface area (Å²) in [6.07, 6.45) is 2.36. The molecule has 4 nitrogen and oxygen atoms in total. The molecule has 2 N–H and O–H groups in total. The van der Waals surface area contributed by atoms with Gasteiger partial charge in [-0.1, -0.05) is 0 Å². The summed E-state index contributed by atoms with van der Waals surface area (Å²) in [5.41, 5.74) is 0. The molecule has 1 unspecified atom stereocenters. The average Bonchev–Trinajstić information content (AvgIpc) is 2.19. The number of hydrogen-bond acceptors (Lipinski definition) is 2. The van der Waals surface area contributed by atoms with Crippen molar-refractivity contribution in [2.24, 2.45) is 5.92 Å². The average molecular weight is 199 g/mol. The maximum absolute atomic E-state index is 11.5. The standard InChI is InChI=1S/C10H21N3O/c1-3-12-10(14)13-6-4-5-9(8-13)7-11-2/h9,11H,3-8H2,1-2H3,(H,12,14). The molecule has 2 amide bonds. The molecule has 1 aliphatic rings. The fourth-order valence-electron chi connectivity index (χ4n) is 1.97. The quantitative estimate of drug-likeness (QED) is 0.701. The molecule has 14 heavy (non-hydrogen) atoms. The molecule has 0 radical (unpaired) electrons. The van der Waals surface area contributed by atoms with E-state index in [1.54, 1.807) is 0 Å². The predicted octanol–water partition coefficient (Wildman–Crippen LogP) is 0.647. The molecule has 82 valence electrons. The van der Waals surface area contributed by atoms with Gasteiger partial charge in [-0.2, -0.15) is 0 Å². The topological polar surface area (TPSA) is 44.4 Å². The minimum absolute atomic E-state index is 0.0910. The van der Waals surface area contributed by atoms with Crippen LogP contribution in [0.4, 0.5) is 4.79 Å². The number of nitrogens with zero attached hydrogens (tertiary/aromatic N) is 1. The molecular weight excluding hydrogens is 178 g/mol. The van der Waals surface area contributed by atoms with E-state index in [-0.39, 0.29) is 6.03 Å². The SMILES string of the molecule is CCNC(=O)N1CCCC(CNC)C1. The van der Waals surface area contributed by atoms with Crippen molar-refractivity contribution in [1.82, 2.24) is 15.5 Å². The van der Waals surface area contributed by atoms with Gasteiger partial charge in [0, 0.05) is 19.6 Å². The summed E-state index contributed by atoms with van der Waals surface area (Å²) in [6, 6.07) is 0.0910. The second kappa shape index (κ2) is 5.86. The zero-order valence-corrected chi connectivity index (χ0v) is 9.18. The lowest BCUT2D eigenvalue weighted by Gasteiger charge is -2.32. The fourth-order valence-corrected chi connectivity index (χ4v) is 1.97. The van der Waals surface area contributed by atoms with Crippen molar-refractivity contribution >= 4 is 6.03 Å². The Morgan fingerprint density at radius 3 is 3.00 bits per heavy atom. The van der Waals surface area contributed by atoms with Crippen LogP contribution in [0.15, 0.2) is 0 Å². The zero-order chi connectivity index (χ0) is 10.4. The van der Waals surface area contributed by atoms with Gasteiger partial charge >= 0.3 is 6.03 Å². The highest BCUT2D eigenvalue weighted by atomic mass is 16.2. The van der Waals surface area contributed by atoms with E-state index in [4.69, 9.17) is 0 Å². The minimum Gasteiger partial charge on any atom is -0.338 e. The van der Waals surface area contributed by atoms with Crippen LogP contribution >= 0.6 is 0 Å². The third-order valence-electron chi connectivity index (χ3n) is 2.63. The molecule has 0 aromatic carbocycles. The van der Waals surface area contributed by atoms with E-state index in [9.17, 15) is 4.79 Å². The van der Waals surface area contributed by atoms with E-state index in [1.165, 1.54) is 6.42 Å². The maximum atomic E-state index is 11.5. The highest BCUT2D eigenvalue weighted by Crippen LogP contribution is 2.15. The first kappa shape index (κ1) is 11.3. The van der Waals surface area contributed by atoms with Crippen LogP contribution in [0.1, 0.15) is 19.8 Å². The number of amides is 2. The number of rotatable bonds is 3. The Balaban J connectivity index is 2.35. The van der Waals surface area contributed by atoms with Gasteiger partial charge in [0.05, 0.1) is 0 Å². The second-order valence-corrected chi connectivity index (χ2v) is 3.85. The van der Waals surface area contributed by atoms with E-state index in [1.807, 2.05) is 18.9 Å². The molecule has 1 rings (SSSR count). The first-order valence-corrected chi connectivity index (χ1v) is 5.45. The Kier molecular flexibility index (Phi) is 4.73. The van der Waals surface area contributed by atoms with Crippen LogP contribution in [0.3, 0.4) is 0 Å². The fraction of sp³-hybridized carbons (Fsp3) is 0.900. The number of urea groups is 1. The van der Waals surface area contributed by atoms with Crippen molar-refractivity contribution in [3.8, 4) is 0 Å². The molecule has 4 heteroatoms. The highest BCUT2D eigenvalue weighted by Gasteiger charge is 2.22. The van der Waals surface area contributed by atoms with Crippen LogP contribution < -0.4 is 10.6 Å². The largest absolute Gasteiger partial charge is 0.338 e. The van der Waals surface area contributed by atoms with Gasteiger partial charge in [-0.25, -0.2) is 4.79 Å². The summed E-state index contributed by atoms with van der Waals surface area (Å²) in [5, 5.41) is 6.01. The summed E-state index contributed by atoms with van der Waals surface area (Å²) >= 11 is 0. The number of carbonyl (C=O) groups is 1. The number of likely N-dealkylation sites (tertiary alicyclic amines) is 1. The first-order chi connectivity index (χ1) is 6.77. The number of piperidine rings is 1. The molecule has 0 bridgehead atoms. The third kappa shape index (κ3) is 3.18. The summed E-state index contributed by atoms with van der Waals surface area (Å²) in [5.74, 6) is 0.622. The molecule has 1 saturated heterocycles. The normalized spacial score (nSPS) is 22.1. The van der Waals surface area contributed by atoms with Crippen molar-refractivity contribution in [1.29, 1.82) is 0 Å². The van der Waals surface area contributed by atoms with E-state index in [0.717, 1.165) is 26.1 Å². The summed E-state index contributed by atoms with van der Waals surface area (Å²) in [6.45, 7) is 5.48. The first-order valence-electron chi connectivity index (χ1n) is 5.45. The van der Waals surface area contributed by atoms with Gasteiger partial charge < -0.3 is 15.5 Å². The highest BCUT2D eigenvalue weighted by molar-refractivity contribution is 5.74. The van der Waals surface area contributed by atoms with Gasteiger partial charge in [0.15, 0.2) is 0 Å². The third-order valence-corrected chi connectivity index (χ3v) is 2.63. The number of nitrogens with one attached hydrogen (secondary N) is 2. The molecule has 0 saturated carbocycles. The van der Waals surface area contributed by atoms with Gasteiger partial charge in [0.2, 0.25) is 0 Å². The molecular formula is C10H21N3O. The van der Waals surface area contributed by atoms with Crippen LogP contribution in [0.5, 0.6) is 0 Å². The number of carbonyl (C=O) groups excluding carboxylic acids is 1. The van der Waals surface area contributed by atoms with Gasteiger partial charge in [-0.05, 0) is 39.3 Å². The van der Waals surface area contributed by atoms with Gasteiger partial charge in [0.1, 0.15) is 0 Å².